The first-order valence-electron chi connectivity index (χ1n) is 8.15. The quantitative estimate of drug-likeness (QED) is 0.884. The maximum absolute atomic E-state index is 13.0. The molecule has 1 aromatic heterocycles. The Bertz CT molecular complexity index is 733. The van der Waals surface area contributed by atoms with E-state index in [0.717, 1.165) is 41.8 Å². The second kappa shape index (κ2) is 7.68. The lowest BCUT2D eigenvalue weighted by atomic mass is 10.0. The number of halogens is 2. The van der Waals surface area contributed by atoms with E-state index < -0.39 is 0 Å². The number of rotatable bonds is 2. The van der Waals surface area contributed by atoms with Crippen molar-refractivity contribution in [1.29, 1.82) is 0 Å². The summed E-state index contributed by atoms with van der Waals surface area (Å²) in [5.41, 5.74) is 2.85. The van der Waals surface area contributed by atoms with E-state index >= 15 is 0 Å². The third kappa shape index (κ3) is 3.66. The highest BCUT2D eigenvalue weighted by atomic mass is 35.5. The van der Waals surface area contributed by atoms with Crippen molar-refractivity contribution in [3.63, 3.8) is 0 Å². The van der Waals surface area contributed by atoms with Crippen LogP contribution in [0.3, 0.4) is 0 Å². The molecule has 4 nitrogen and oxygen atoms in total. The summed E-state index contributed by atoms with van der Waals surface area (Å²) in [5.74, 6) is 0.701. The van der Waals surface area contributed by atoms with Gasteiger partial charge in [-0.1, -0.05) is 18.2 Å². The Hall–Kier alpha value is -1.36. The molecule has 1 amide bonds. The summed E-state index contributed by atoms with van der Waals surface area (Å²) in [7, 11) is 0. The van der Waals surface area contributed by atoms with Crippen LogP contribution in [0.4, 0.5) is 0 Å². The molecule has 130 valence electrons. The van der Waals surface area contributed by atoms with Gasteiger partial charge < -0.3 is 10.2 Å². The molecule has 0 bridgehead atoms. The second-order valence-electron chi connectivity index (χ2n) is 6.49. The molecule has 24 heavy (non-hydrogen) atoms. The van der Waals surface area contributed by atoms with Crippen LogP contribution in [0.2, 0.25) is 0 Å². The topological polar surface area (TPSA) is 45.2 Å². The van der Waals surface area contributed by atoms with E-state index in [1.54, 1.807) is 0 Å². The fraction of sp³-hybridized carbons (Fsp3) is 0.444. The van der Waals surface area contributed by atoms with Gasteiger partial charge >= 0.3 is 0 Å². The fourth-order valence-electron chi connectivity index (χ4n) is 3.25. The van der Waals surface area contributed by atoms with Crippen molar-refractivity contribution >= 4 is 41.6 Å². The first kappa shape index (κ1) is 19.0. The minimum Gasteiger partial charge on any atom is -0.336 e. The van der Waals surface area contributed by atoms with Gasteiger partial charge in [-0.3, -0.25) is 9.78 Å². The van der Waals surface area contributed by atoms with E-state index in [1.165, 1.54) is 12.8 Å². The average molecular weight is 368 g/mol. The molecule has 1 N–H and O–H groups in total. The van der Waals surface area contributed by atoms with Gasteiger partial charge in [-0.15, -0.1) is 24.8 Å². The number of pyridine rings is 1. The Morgan fingerprint density at radius 2 is 2.00 bits per heavy atom. The van der Waals surface area contributed by atoms with Gasteiger partial charge in [-0.2, -0.15) is 0 Å². The second-order valence-corrected chi connectivity index (χ2v) is 6.49. The molecular formula is C18H23Cl2N3O. The lowest BCUT2D eigenvalue weighted by Crippen LogP contribution is -2.51. The zero-order chi connectivity index (χ0) is 15.1. The van der Waals surface area contributed by atoms with Crippen LogP contribution in [0.5, 0.6) is 0 Å². The average Bonchev–Trinajstić information content (AvgIpc) is 3.38. The van der Waals surface area contributed by atoms with Crippen LogP contribution in [0.15, 0.2) is 30.3 Å². The largest absolute Gasteiger partial charge is 0.336 e. The van der Waals surface area contributed by atoms with Gasteiger partial charge in [0.25, 0.3) is 5.91 Å². The molecule has 1 atom stereocenters. The Morgan fingerprint density at radius 3 is 2.71 bits per heavy atom. The summed E-state index contributed by atoms with van der Waals surface area (Å²) in [4.78, 5) is 19.8. The van der Waals surface area contributed by atoms with Crippen LogP contribution >= 0.6 is 24.8 Å². The number of fused-ring (bicyclic) bond motifs is 1. The predicted octanol–water partition coefficient (Wildman–Crippen LogP) is 3.39. The first-order valence-corrected chi connectivity index (χ1v) is 8.15. The lowest BCUT2D eigenvalue weighted by Gasteiger charge is -2.32. The van der Waals surface area contributed by atoms with Crippen molar-refractivity contribution in [2.45, 2.75) is 31.7 Å². The molecule has 0 radical (unpaired) electrons. The van der Waals surface area contributed by atoms with Crippen molar-refractivity contribution in [2.24, 2.45) is 0 Å². The van der Waals surface area contributed by atoms with Gasteiger partial charge in [0.2, 0.25) is 0 Å². The summed E-state index contributed by atoms with van der Waals surface area (Å²) in [6.07, 6.45) is 2.40. The maximum Gasteiger partial charge on any atom is 0.254 e. The molecule has 6 heteroatoms. The number of carbonyl (C=O) groups is 1. The molecule has 1 aromatic carbocycles. The third-order valence-electron chi connectivity index (χ3n) is 4.62. The van der Waals surface area contributed by atoms with Crippen LogP contribution in [-0.4, -0.2) is 41.5 Å². The molecule has 2 heterocycles. The predicted molar refractivity (Wildman–Crippen MR) is 102 cm³/mol. The molecule has 1 saturated carbocycles. The molecule has 1 saturated heterocycles. The summed E-state index contributed by atoms with van der Waals surface area (Å²) in [6.45, 7) is 4.54. The van der Waals surface area contributed by atoms with Crippen LogP contribution in [0.1, 0.15) is 41.7 Å². The van der Waals surface area contributed by atoms with Gasteiger partial charge in [-0.05, 0) is 31.9 Å². The number of aromatic nitrogens is 1. The Balaban J connectivity index is 0.00000104. The number of carbonyl (C=O) groups excluding carboxylic acids is 1. The number of nitrogens with zero attached hydrogens (tertiary/aromatic N) is 2. The van der Waals surface area contributed by atoms with Crippen LogP contribution < -0.4 is 5.32 Å². The summed E-state index contributed by atoms with van der Waals surface area (Å²) in [6, 6.07) is 10.4. The van der Waals surface area contributed by atoms with E-state index in [4.69, 9.17) is 4.98 Å². The summed E-state index contributed by atoms with van der Waals surface area (Å²) in [5, 5.41) is 4.36. The smallest absolute Gasteiger partial charge is 0.254 e. The van der Waals surface area contributed by atoms with Crippen molar-refractivity contribution in [3.05, 3.63) is 41.6 Å². The third-order valence-corrected chi connectivity index (χ3v) is 4.62. The Morgan fingerprint density at radius 1 is 1.25 bits per heavy atom. The molecule has 1 aliphatic heterocycles. The van der Waals surface area contributed by atoms with E-state index in [1.807, 2.05) is 35.2 Å². The highest BCUT2D eigenvalue weighted by molar-refractivity contribution is 6.06. The summed E-state index contributed by atoms with van der Waals surface area (Å²) < 4.78 is 0. The number of benzene rings is 1. The molecule has 4 rings (SSSR count). The number of amides is 1. The number of piperazine rings is 1. The van der Waals surface area contributed by atoms with Crippen molar-refractivity contribution in [1.82, 2.24) is 15.2 Å². The molecule has 2 aromatic rings. The number of para-hydroxylation sites is 1. The monoisotopic (exact) mass is 367 g/mol. The van der Waals surface area contributed by atoms with E-state index in [2.05, 4.69) is 12.2 Å². The van der Waals surface area contributed by atoms with Crippen LogP contribution in [-0.2, 0) is 0 Å². The van der Waals surface area contributed by atoms with Gasteiger partial charge in [0.05, 0.1) is 11.1 Å². The van der Waals surface area contributed by atoms with Crippen LogP contribution in [0.25, 0.3) is 10.9 Å². The minimum absolute atomic E-state index is 0. The van der Waals surface area contributed by atoms with Crippen molar-refractivity contribution in [3.8, 4) is 0 Å². The highest BCUT2D eigenvalue weighted by Gasteiger charge is 2.28. The molecule has 2 aliphatic rings. The Kier molecular flexibility index (Phi) is 6.07. The van der Waals surface area contributed by atoms with Crippen LogP contribution in [0, 0.1) is 0 Å². The minimum atomic E-state index is 0. The van der Waals surface area contributed by atoms with Gasteiger partial charge in [0.15, 0.2) is 0 Å². The zero-order valence-electron chi connectivity index (χ0n) is 13.7. The molecule has 0 spiro atoms. The van der Waals surface area contributed by atoms with Crippen molar-refractivity contribution < 1.29 is 4.79 Å². The molecule has 1 aliphatic carbocycles. The SMILES string of the molecule is CC1CN(C(=O)c2cc(C3CC3)nc3ccccc23)CCN1.Cl.Cl. The van der Waals surface area contributed by atoms with E-state index in [-0.39, 0.29) is 30.7 Å². The molecule has 1 unspecified atom stereocenters. The van der Waals surface area contributed by atoms with Gasteiger partial charge in [0.1, 0.15) is 0 Å². The lowest BCUT2D eigenvalue weighted by molar-refractivity contribution is 0.0711. The maximum atomic E-state index is 13.0. The fourth-order valence-corrected chi connectivity index (χ4v) is 3.25. The van der Waals surface area contributed by atoms with Crippen molar-refractivity contribution in [2.75, 3.05) is 19.6 Å². The van der Waals surface area contributed by atoms with E-state index in [0.29, 0.717) is 12.0 Å². The Labute approximate surface area is 154 Å². The highest BCUT2D eigenvalue weighted by Crippen LogP contribution is 2.40. The van der Waals surface area contributed by atoms with E-state index in [9.17, 15) is 4.79 Å². The zero-order valence-corrected chi connectivity index (χ0v) is 15.3. The van der Waals surface area contributed by atoms with Gasteiger partial charge in [-0.25, -0.2) is 0 Å². The number of hydrogen-bond acceptors (Lipinski definition) is 3. The molecule has 2 fully saturated rings. The number of nitrogens with one attached hydrogen (secondary N) is 1. The normalized spacial score (nSPS) is 20.2. The molecular weight excluding hydrogens is 345 g/mol. The summed E-state index contributed by atoms with van der Waals surface area (Å²) >= 11 is 0. The standard InChI is InChI=1S/C18H21N3O.2ClH/c1-12-11-21(9-8-19-12)18(22)15-10-17(13-6-7-13)20-16-5-3-2-4-14(15)16;;/h2-5,10,12-13,19H,6-9,11H2,1H3;2*1H. The first-order chi connectivity index (χ1) is 10.7. The number of hydrogen-bond donors (Lipinski definition) is 1. The van der Waals surface area contributed by atoms with Gasteiger partial charge in [0, 0.05) is 42.7 Å².